The van der Waals surface area contributed by atoms with Crippen LogP contribution in [0.4, 0.5) is 0 Å². The van der Waals surface area contributed by atoms with Crippen LogP contribution in [0.2, 0.25) is 0 Å². The van der Waals surface area contributed by atoms with Crippen molar-refractivity contribution < 1.29 is 14.3 Å². The summed E-state index contributed by atoms with van der Waals surface area (Å²) < 4.78 is 10.6. The Labute approximate surface area is 101 Å². The molecule has 1 N–H and O–H groups in total. The Hall–Kier alpha value is -1.74. The predicted octanol–water partition coefficient (Wildman–Crippen LogP) is 3.15. The van der Waals surface area contributed by atoms with Crippen LogP contribution in [0.3, 0.4) is 0 Å². The number of hydrogen-bond acceptors (Lipinski definition) is 3. The standard InChI is InChI=1S/C14H16O3/c1-2-9-16-12-7-5-11(6-8-12)14(15)13-4-3-10-17-13/h3-8,10,14-15H,2,9H2,1H3. The lowest BCUT2D eigenvalue weighted by molar-refractivity contribution is 0.189. The van der Waals surface area contributed by atoms with E-state index in [0.717, 1.165) is 17.7 Å². The predicted molar refractivity (Wildman–Crippen MR) is 65.0 cm³/mol. The number of aliphatic hydroxyl groups is 1. The van der Waals surface area contributed by atoms with E-state index in [2.05, 4.69) is 6.92 Å². The zero-order valence-corrected chi connectivity index (χ0v) is 9.80. The molecule has 0 fully saturated rings. The number of ether oxygens (including phenoxy) is 1. The van der Waals surface area contributed by atoms with E-state index in [0.29, 0.717) is 12.4 Å². The Morgan fingerprint density at radius 2 is 2.00 bits per heavy atom. The van der Waals surface area contributed by atoms with Crippen molar-refractivity contribution in [1.29, 1.82) is 0 Å². The fourth-order valence-electron chi connectivity index (χ4n) is 1.58. The maximum atomic E-state index is 10.0. The molecule has 3 heteroatoms. The summed E-state index contributed by atoms with van der Waals surface area (Å²) in [6.45, 7) is 2.77. The molecule has 1 aromatic heterocycles. The van der Waals surface area contributed by atoms with Gasteiger partial charge in [-0.25, -0.2) is 0 Å². The van der Waals surface area contributed by atoms with Crippen molar-refractivity contribution in [3.63, 3.8) is 0 Å². The zero-order valence-electron chi connectivity index (χ0n) is 9.80. The molecule has 0 saturated heterocycles. The van der Waals surface area contributed by atoms with Gasteiger partial charge in [-0.1, -0.05) is 19.1 Å². The smallest absolute Gasteiger partial charge is 0.137 e. The first-order valence-corrected chi connectivity index (χ1v) is 5.75. The molecule has 0 aliphatic rings. The highest BCUT2D eigenvalue weighted by atomic mass is 16.5. The summed E-state index contributed by atoms with van der Waals surface area (Å²) in [6.07, 6.45) is 1.82. The number of rotatable bonds is 5. The molecule has 90 valence electrons. The first kappa shape index (κ1) is 11.7. The zero-order chi connectivity index (χ0) is 12.1. The van der Waals surface area contributed by atoms with Gasteiger partial charge in [0.15, 0.2) is 0 Å². The lowest BCUT2D eigenvalue weighted by Gasteiger charge is -2.09. The molecule has 2 aromatic rings. The Morgan fingerprint density at radius 1 is 1.24 bits per heavy atom. The second-order valence-electron chi connectivity index (χ2n) is 3.84. The van der Waals surface area contributed by atoms with Crippen LogP contribution in [0.1, 0.15) is 30.8 Å². The molecule has 1 heterocycles. The van der Waals surface area contributed by atoms with Crippen LogP contribution in [0.25, 0.3) is 0 Å². The minimum Gasteiger partial charge on any atom is -0.494 e. The Balaban J connectivity index is 2.07. The maximum Gasteiger partial charge on any atom is 0.137 e. The van der Waals surface area contributed by atoms with Gasteiger partial charge in [-0.15, -0.1) is 0 Å². The van der Waals surface area contributed by atoms with Crippen LogP contribution < -0.4 is 4.74 Å². The molecule has 0 amide bonds. The van der Waals surface area contributed by atoms with E-state index in [1.54, 1.807) is 18.4 Å². The van der Waals surface area contributed by atoms with Gasteiger partial charge in [0.25, 0.3) is 0 Å². The molecule has 1 aromatic carbocycles. The van der Waals surface area contributed by atoms with Gasteiger partial charge in [-0.05, 0) is 36.2 Å². The van der Waals surface area contributed by atoms with Crippen molar-refractivity contribution in [1.82, 2.24) is 0 Å². The van der Waals surface area contributed by atoms with Gasteiger partial charge in [0, 0.05) is 0 Å². The van der Waals surface area contributed by atoms with Crippen molar-refractivity contribution in [3.05, 3.63) is 54.0 Å². The minimum absolute atomic E-state index is 0.548. The number of aliphatic hydroxyl groups excluding tert-OH is 1. The Bertz CT molecular complexity index is 431. The van der Waals surface area contributed by atoms with Crippen LogP contribution in [0.5, 0.6) is 5.75 Å². The van der Waals surface area contributed by atoms with E-state index in [9.17, 15) is 5.11 Å². The summed E-state index contributed by atoms with van der Waals surface area (Å²) in [5.41, 5.74) is 0.795. The Morgan fingerprint density at radius 3 is 2.59 bits per heavy atom. The van der Waals surface area contributed by atoms with Crippen molar-refractivity contribution in [2.45, 2.75) is 19.4 Å². The van der Waals surface area contributed by atoms with Crippen molar-refractivity contribution in [3.8, 4) is 5.75 Å². The number of furan rings is 1. The number of benzene rings is 1. The van der Waals surface area contributed by atoms with Gasteiger partial charge in [-0.2, -0.15) is 0 Å². The summed E-state index contributed by atoms with van der Waals surface area (Å²) in [5, 5.41) is 10.0. The number of hydrogen-bond donors (Lipinski definition) is 1. The largest absolute Gasteiger partial charge is 0.494 e. The van der Waals surface area contributed by atoms with Gasteiger partial charge in [0.1, 0.15) is 17.6 Å². The van der Waals surface area contributed by atoms with Gasteiger partial charge < -0.3 is 14.3 Å². The average molecular weight is 232 g/mol. The molecule has 0 saturated carbocycles. The van der Waals surface area contributed by atoms with E-state index in [4.69, 9.17) is 9.15 Å². The van der Waals surface area contributed by atoms with Gasteiger partial charge >= 0.3 is 0 Å². The third-order valence-electron chi connectivity index (χ3n) is 2.48. The second-order valence-corrected chi connectivity index (χ2v) is 3.84. The first-order chi connectivity index (χ1) is 8.31. The average Bonchev–Trinajstić information content (AvgIpc) is 2.90. The van der Waals surface area contributed by atoms with Gasteiger partial charge in [0.05, 0.1) is 12.9 Å². The van der Waals surface area contributed by atoms with Crippen molar-refractivity contribution in [2.24, 2.45) is 0 Å². The summed E-state index contributed by atoms with van der Waals surface area (Å²) in [6, 6.07) is 10.9. The molecule has 0 spiro atoms. The molecule has 1 atom stereocenters. The molecule has 1 unspecified atom stereocenters. The summed E-state index contributed by atoms with van der Waals surface area (Å²) in [5.74, 6) is 1.37. The quantitative estimate of drug-likeness (QED) is 0.861. The van der Waals surface area contributed by atoms with Crippen LogP contribution in [0.15, 0.2) is 47.1 Å². The third-order valence-corrected chi connectivity index (χ3v) is 2.48. The first-order valence-electron chi connectivity index (χ1n) is 5.75. The Kier molecular flexibility index (Phi) is 3.83. The fraction of sp³-hybridized carbons (Fsp3) is 0.286. The summed E-state index contributed by atoms with van der Waals surface area (Å²) in [4.78, 5) is 0. The van der Waals surface area contributed by atoms with E-state index < -0.39 is 6.10 Å². The van der Waals surface area contributed by atoms with Crippen LogP contribution >= 0.6 is 0 Å². The SMILES string of the molecule is CCCOc1ccc(C(O)c2ccco2)cc1. The molecule has 3 nitrogen and oxygen atoms in total. The third kappa shape index (κ3) is 2.88. The van der Waals surface area contributed by atoms with Crippen LogP contribution in [-0.2, 0) is 0 Å². The van der Waals surface area contributed by atoms with E-state index in [1.165, 1.54) is 0 Å². The summed E-state index contributed by atoms with van der Waals surface area (Å²) >= 11 is 0. The topological polar surface area (TPSA) is 42.6 Å². The molecular formula is C14H16O3. The minimum atomic E-state index is -0.717. The van der Waals surface area contributed by atoms with Crippen LogP contribution in [0, 0.1) is 0 Å². The molecule has 0 radical (unpaired) electrons. The molecule has 0 aliphatic carbocycles. The van der Waals surface area contributed by atoms with Crippen LogP contribution in [-0.4, -0.2) is 11.7 Å². The van der Waals surface area contributed by atoms with E-state index in [1.807, 2.05) is 24.3 Å². The van der Waals surface area contributed by atoms with E-state index >= 15 is 0 Å². The molecule has 2 rings (SSSR count). The maximum absolute atomic E-state index is 10.0. The van der Waals surface area contributed by atoms with Gasteiger partial charge in [-0.3, -0.25) is 0 Å². The molecule has 17 heavy (non-hydrogen) atoms. The molecule has 0 bridgehead atoms. The highest BCUT2D eigenvalue weighted by Gasteiger charge is 2.12. The highest BCUT2D eigenvalue weighted by molar-refractivity contribution is 5.31. The summed E-state index contributed by atoms with van der Waals surface area (Å²) in [7, 11) is 0. The monoisotopic (exact) mass is 232 g/mol. The highest BCUT2D eigenvalue weighted by Crippen LogP contribution is 2.24. The van der Waals surface area contributed by atoms with Crippen molar-refractivity contribution >= 4 is 0 Å². The van der Waals surface area contributed by atoms with E-state index in [-0.39, 0.29) is 0 Å². The second kappa shape index (κ2) is 5.55. The van der Waals surface area contributed by atoms with Gasteiger partial charge in [0.2, 0.25) is 0 Å². The lowest BCUT2D eigenvalue weighted by atomic mass is 10.1. The molecular weight excluding hydrogens is 216 g/mol. The lowest BCUT2D eigenvalue weighted by Crippen LogP contribution is -1.99. The molecule has 0 aliphatic heterocycles. The fourth-order valence-corrected chi connectivity index (χ4v) is 1.58. The normalized spacial score (nSPS) is 12.4. The van der Waals surface area contributed by atoms with Crippen molar-refractivity contribution in [2.75, 3.05) is 6.61 Å².